The van der Waals surface area contributed by atoms with Gasteiger partial charge in [-0.15, -0.1) is 0 Å². The summed E-state index contributed by atoms with van der Waals surface area (Å²) in [6, 6.07) is 0.353. The topological polar surface area (TPSA) is 80.3 Å². The number of nitrogens with zero attached hydrogens (tertiary/aromatic N) is 6. The van der Waals surface area contributed by atoms with Crippen LogP contribution in [0.1, 0.15) is 49.4 Å². The van der Waals surface area contributed by atoms with Crippen molar-refractivity contribution >= 4 is 11.6 Å². The van der Waals surface area contributed by atoms with E-state index in [4.69, 9.17) is 4.52 Å². The van der Waals surface area contributed by atoms with Crippen molar-refractivity contribution in [2.24, 2.45) is 0 Å². The van der Waals surface area contributed by atoms with Gasteiger partial charge in [-0.05, 0) is 19.3 Å². The van der Waals surface area contributed by atoms with E-state index in [9.17, 15) is 4.79 Å². The van der Waals surface area contributed by atoms with Crippen LogP contribution in [0.5, 0.6) is 0 Å². The molecule has 3 aliphatic rings. The second-order valence-electron chi connectivity index (χ2n) is 7.00. The molecular weight excluding hydrogens is 308 g/mol. The van der Waals surface area contributed by atoms with Gasteiger partial charge in [-0.1, -0.05) is 5.16 Å². The maximum absolute atomic E-state index is 11.8. The van der Waals surface area contributed by atoms with Gasteiger partial charge in [-0.25, -0.2) is 0 Å². The second kappa shape index (κ2) is 5.41. The van der Waals surface area contributed by atoms with Gasteiger partial charge in [0.2, 0.25) is 11.8 Å². The zero-order chi connectivity index (χ0) is 16.1. The third kappa shape index (κ3) is 2.50. The number of aromatic nitrogens is 4. The first-order chi connectivity index (χ1) is 11.8. The highest BCUT2D eigenvalue weighted by atomic mass is 16.5. The van der Waals surface area contributed by atoms with Crippen molar-refractivity contribution in [1.29, 1.82) is 0 Å². The summed E-state index contributed by atoms with van der Waals surface area (Å²) >= 11 is 0. The van der Waals surface area contributed by atoms with Gasteiger partial charge in [0.25, 0.3) is 0 Å². The van der Waals surface area contributed by atoms with Crippen molar-refractivity contribution in [3.8, 4) is 0 Å². The average molecular weight is 328 g/mol. The Morgan fingerprint density at radius 3 is 2.92 bits per heavy atom. The lowest BCUT2D eigenvalue weighted by molar-refractivity contribution is -0.117. The zero-order valence-electron chi connectivity index (χ0n) is 13.5. The molecule has 126 valence electrons. The van der Waals surface area contributed by atoms with E-state index in [2.05, 4.69) is 20.1 Å². The van der Waals surface area contributed by atoms with Gasteiger partial charge in [0, 0.05) is 38.2 Å². The summed E-state index contributed by atoms with van der Waals surface area (Å²) in [5.41, 5.74) is 0.920. The van der Waals surface area contributed by atoms with E-state index in [0.29, 0.717) is 18.4 Å². The SMILES string of the molecule is O=C1CCCN1c1cnn(C2CN(Cc3noc(C4CC4)n3)C2)c1. The monoisotopic (exact) mass is 328 g/mol. The van der Waals surface area contributed by atoms with Crippen LogP contribution in [0.2, 0.25) is 0 Å². The molecule has 8 nitrogen and oxygen atoms in total. The quantitative estimate of drug-likeness (QED) is 0.824. The maximum atomic E-state index is 11.8. The summed E-state index contributed by atoms with van der Waals surface area (Å²) in [6.45, 7) is 3.37. The van der Waals surface area contributed by atoms with Gasteiger partial charge in [0.1, 0.15) is 0 Å². The number of anilines is 1. The van der Waals surface area contributed by atoms with Crippen LogP contribution >= 0.6 is 0 Å². The Morgan fingerprint density at radius 1 is 1.29 bits per heavy atom. The molecule has 0 unspecified atom stereocenters. The second-order valence-corrected chi connectivity index (χ2v) is 7.00. The number of amides is 1. The Bertz CT molecular complexity index is 758. The Labute approximate surface area is 139 Å². The summed E-state index contributed by atoms with van der Waals surface area (Å²) in [4.78, 5) is 20.4. The molecule has 2 aliphatic heterocycles. The van der Waals surface area contributed by atoms with Crippen LogP contribution in [0.4, 0.5) is 5.69 Å². The normalized spacial score (nSPS) is 22.3. The fourth-order valence-corrected chi connectivity index (χ4v) is 3.46. The van der Waals surface area contributed by atoms with E-state index < -0.39 is 0 Å². The molecule has 1 aliphatic carbocycles. The minimum Gasteiger partial charge on any atom is -0.339 e. The number of carbonyl (C=O) groups is 1. The van der Waals surface area contributed by atoms with Crippen LogP contribution in [-0.4, -0.2) is 50.4 Å². The van der Waals surface area contributed by atoms with Gasteiger partial charge in [-0.3, -0.25) is 14.4 Å². The molecule has 3 fully saturated rings. The van der Waals surface area contributed by atoms with Crippen molar-refractivity contribution in [2.75, 3.05) is 24.5 Å². The van der Waals surface area contributed by atoms with Crippen molar-refractivity contribution in [2.45, 2.75) is 44.2 Å². The van der Waals surface area contributed by atoms with Crippen LogP contribution in [0.15, 0.2) is 16.9 Å². The summed E-state index contributed by atoms with van der Waals surface area (Å²) in [5, 5.41) is 8.51. The molecule has 0 aromatic carbocycles. The number of likely N-dealkylation sites (tertiary alicyclic amines) is 1. The van der Waals surface area contributed by atoms with E-state index in [1.54, 1.807) is 6.20 Å². The zero-order valence-corrected chi connectivity index (χ0v) is 13.5. The summed E-state index contributed by atoms with van der Waals surface area (Å²) in [5.74, 6) is 2.28. The van der Waals surface area contributed by atoms with Crippen molar-refractivity contribution < 1.29 is 9.32 Å². The predicted molar refractivity (Wildman–Crippen MR) is 84.4 cm³/mol. The van der Waals surface area contributed by atoms with E-state index in [1.165, 1.54) is 12.8 Å². The van der Waals surface area contributed by atoms with Crippen molar-refractivity contribution in [1.82, 2.24) is 24.8 Å². The number of rotatable bonds is 5. The molecule has 4 heterocycles. The first-order valence-electron chi connectivity index (χ1n) is 8.65. The molecule has 5 rings (SSSR count). The Morgan fingerprint density at radius 2 is 2.17 bits per heavy atom. The van der Waals surface area contributed by atoms with Crippen molar-refractivity contribution in [3.63, 3.8) is 0 Å². The van der Waals surface area contributed by atoms with Crippen LogP contribution in [0.25, 0.3) is 0 Å². The first kappa shape index (κ1) is 14.2. The molecule has 1 saturated carbocycles. The van der Waals surface area contributed by atoms with Crippen LogP contribution in [-0.2, 0) is 11.3 Å². The highest BCUT2D eigenvalue weighted by molar-refractivity contribution is 5.95. The molecule has 2 saturated heterocycles. The summed E-state index contributed by atoms with van der Waals surface area (Å²) in [7, 11) is 0. The Hall–Kier alpha value is -2.22. The van der Waals surface area contributed by atoms with E-state index >= 15 is 0 Å². The smallest absolute Gasteiger partial charge is 0.229 e. The molecule has 0 spiro atoms. The molecule has 1 amide bonds. The minimum atomic E-state index is 0.202. The first-order valence-corrected chi connectivity index (χ1v) is 8.65. The molecule has 24 heavy (non-hydrogen) atoms. The molecule has 0 N–H and O–H groups in total. The van der Waals surface area contributed by atoms with E-state index in [-0.39, 0.29) is 5.91 Å². The largest absolute Gasteiger partial charge is 0.339 e. The van der Waals surface area contributed by atoms with Crippen molar-refractivity contribution in [3.05, 3.63) is 24.1 Å². The average Bonchev–Trinajstić information content (AvgIpc) is 2.95. The fraction of sp³-hybridized carbons (Fsp3) is 0.625. The molecule has 0 bridgehead atoms. The molecule has 0 atom stereocenters. The number of hydrogen-bond donors (Lipinski definition) is 0. The number of hydrogen-bond acceptors (Lipinski definition) is 6. The third-order valence-corrected chi connectivity index (χ3v) is 5.06. The molecule has 0 radical (unpaired) electrons. The van der Waals surface area contributed by atoms with Crippen LogP contribution < -0.4 is 4.90 Å². The van der Waals surface area contributed by atoms with Gasteiger partial charge in [0.15, 0.2) is 5.82 Å². The van der Waals surface area contributed by atoms with E-state index in [0.717, 1.165) is 50.0 Å². The van der Waals surface area contributed by atoms with E-state index in [1.807, 2.05) is 15.8 Å². The maximum Gasteiger partial charge on any atom is 0.229 e. The van der Waals surface area contributed by atoms with Gasteiger partial charge in [-0.2, -0.15) is 10.1 Å². The molecule has 2 aromatic rings. The molecule has 8 heteroatoms. The molecule has 2 aromatic heterocycles. The lowest BCUT2D eigenvalue weighted by atomic mass is 10.1. The summed E-state index contributed by atoms with van der Waals surface area (Å²) < 4.78 is 7.27. The van der Waals surface area contributed by atoms with Crippen LogP contribution in [0.3, 0.4) is 0 Å². The summed E-state index contributed by atoms with van der Waals surface area (Å²) in [6.07, 6.45) is 7.73. The fourth-order valence-electron chi connectivity index (χ4n) is 3.46. The number of carbonyl (C=O) groups excluding carboxylic acids is 1. The van der Waals surface area contributed by atoms with Gasteiger partial charge >= 0.3 is 0 Å². The lowest BCUT2D eigenvalue weighted by Crippen LogP contribution is -2.47. The third-order valence-electron chi connectivity index (χ3n) is 5.06. The molecular formula is C16H20N6O2. The highest BCUT2D eigenvalue weighted by Crippen LogP contribution is 2.39. The van der Waals surface area contributed by atoms with Crippen LogP contribution in [0, 0.1) is 0 Å². The Kier molecular flexibility index (Phi) is 3.19. The predicted octanol–water partition coefficient (Wildman–Crippen LogP) is 1.33. The Balaban J connectivity index is 1.17. The highest BCUT2D eigenvalue weighted by Gasteiger charge is 2.33. The lowest BCUT2D eigenvalue weighted by Gasteiger charge is -2.38. The van der Waals surface area contributed by atoms with Gasteiger partial charge < -0.3 is 9.42 Å². The minimum absolute atomic E-state index is 0.202. The standard InChI is InChI=1S/C16H20N6O2/c23-15-2-1-5-21(15)12-6-17-22(9-12)13-7-20(8-13)10-14-18-16(24-19-14)11-3-4-11/h6,9,11,13H,1-5,7-8,10H2. The van der Waals surface area contributed by atoms with Gasteiger partial charge in [0.05, 0.1) is 24.5 Å².